The van der Waals surface area contributed by atoms with Crippen molar-refractivity contribution in [3.8, 4) is 11.9 Å². The van der Waals surface area contributed by atoms with Gasteiger partial charge >= 0.3 is 0 Å². The molecule has 2 aliphatic rings. The van der Waals surface area contributed by atoms with Gasteiger partial charge < -0.3 is 16.2 Å². The summed E-state index contributed by atoms with van der Waals surface area (Å²) in [5.74, 6) is -0.372. The SMILES string of the molecule is CC1(C)CC(=O)C2=C(C1)Oc1nc(N)c(C#N)c(N)c1[C@H]2c1cccc([N+](=O)[O-])c1. The number of ketones is 1. The van der Waals surface area contributed by atoms with Crippen LogP contribution in [-0.4, -0.2) is 15.7 Å². The van der Waals surface area contributed by atoms with Gasteiger partial charge in [0.2, 0.25) is 5.88 Å². The number of pyridine rings is 1. The second-order valence-corrected chi connectivity index (χ2v) is 8.28. The molecule has 1 aromatic carbocycles. The minimum atomic E-state index is -0.743. The third-order valence-corrected chi connectivity index (χ3v) is 5.47. The average molecular weight is 405 g/mol. The van der Waals surface area contributed by atoms with E-state index >= 15 is 0 Å². The number of carbonyl (C=O) groups is 1. The van der Waals surface area contributed by atoms with E-state index in [1.807, 2.05) is 19.9 Å². The summed E-state index contributed by atoms with van der Waals surface area (Å²) in [4.78, 5) is 28.2. The molecule has 0 amide bonds. The number of aromatic nitrogens is 1. The van der Waals surface area contributed by atoms with Crippen LogP contribution in [0.2, 0.25) is 0 Å². The van der Waals surface area contributed by atoms with Crippen LogP contribution in [0.1, 0.15) is 49.3 Å². The molecule has 0 radical (unpaired) electrons. The Bertz CT molecular complexity index is 1190. The van der Waals surface area contributed by atoms with Crippen LogP contribution in [0.3, 0.4) is 0 Å². The number of nitrogens with zero attached hydrogens (tertiary/aromatic N) is 3. The first-order valence-electron chi connectivity index (χ1n) is 9.30. The van der Waals surface area contributed by atoms with Crippen LogP contribution in [0.5, 0.6) is 5.88 Å². The number of nitriles is 1. The van der Waals surface area contributed by atoms with Gasteiger partial charge in [0.15, 0.2) is 5.78 Å². The Morgan fingerprint density at radius 1 is 1.33 bits per heavy atom. The number of anilines is 2. The Morgan fingerprint density at radius 2 is 2.07 bits per heavy atom. The molecule has 0 unspecified atom stereocenters. The monoisotopic (exact) mass is 405 g/mol. The summed E-state index contributed by atoms with van der Waals surface area (Å²) in [6.45, 7) is 3.93. The molecule has 30 heavy (non-hydrogen) atoms. The van der Waals surface area contributed by atoms with Gasteiger partial charge in [-0.2, -0.15) is 10.2 Å². The Hall–Kier alpha value is -3.93. The molecule has 2 heterocycles. The smallest absolute Gasteiger partial charge is 0.269 e. The van der Waals surface area contributed by atoms with E-state index in [0.29, 0.717) is 35.3 Å². The largest absolute Gasteiger partial charge is 0.442 e. The Balaban J connectivity index is 2.03. The molecule has 2 aromatic rings. The van der Waals surface area contributed by atoms with Crippen LogP contribution in [0, 0.1) is 26.9 Å². The van der Waals surface area contributed by atoms with Crippen molar-refractivity contribution in [3.05, 3.63) is 62.4 Å². The van der Waals surface area contributed by atoms with Gasteiger partial charge in [0.1, 0.15) is 23.2 Å². The Labute approximate surface area is 172 Å². The number of hydrogen-bond donors (Lipinski definition) is 2. The fraction of sp³-hybridized carbons (Fsp3) is 0.286. The zero-order valence-electron chi connectivity index (χ0n) is 16.4. The fourth-order valence-electron chi connectivity index (χ4n) is 4.19. The maximum atomic E-state index is 13.2. The maximum Gasteiger partial charge on any atom is 0.269 e. The van der Waals surface area contributed by atoms with Crippen molar-refractivity contribution < 1.29 is 14.5 Å². The molecule has 0 bridgehead atoms. The number of rotatable bonds is 2. The third kappa shape index (κ3) is 2.93. The molecule has 9 heteroatoms. The van der Waals surface area contributed by atoms with Crippen molar-refractivity contribution in [2.45, 2.75) is 32.6 Å². The number of allylic oxidation sites excluding steroid dienone is 2. The highest BCUT2D eigenvalue weighted by molar-refractivity contribution is 6.00. The molecule has 0 spiro atoms. The minimum Gasteiger partial charge on any atom is -0.442 e. The molecule has 9 nitrogen and oxygen atoms in total. The van der Waals surface area contributed by atoms with E-state index in [4.69, 9.17) is 16.2 Å². The number of hydrogen-bond acceptors (Lipinski definition) is 8. The van der Waals surface area contributed by atoms with Crippen LogP contribution >= 0.6 is 0 Å². The van der Waals surface area contributed by atoms with Crippen LogP contribution in [-0.2, 0) is 4.79 Å². The maximum absolute atomic E-state index is 13.2. The highest BCUT2D eigenvalue weighted by Crippen LogP contribution is 2.52. The van der Waals surface area contributed by atoms with E-state index in [2.05, 4.69) is 4.98 Å². The van der Waals surface area contributed by atoms with E-state index in [0.717, 1.165) is 0 Å². The summed E-state index contributed by atoms with van der Waals surface area (Å²) in [7, 11) is 0. The summed E-state index contributed by atoms with van der Waals surface area (Å²) in [5.41, 5.74) is 13.0. The van der Waals surface area contributed by atoms with Crippen molar-refractivity contribution in [2.75, 3.05) is 11.5 Å². The molecular formula is C21H19N5O4. The lowest BCUT2D eigenvalue weighted by molar-refractivity contribution is -0.384. The van der Waals surface area contributed by atoms with Gasteiger partial charge in [0, 0.05) is 36.5 Å². The molecule has 4 N–H and O–H groups in total. The van der Waals surface area contributed by atoms with E-state index < -0.39 is 10.8 Å². The predicted molar refractivity (Wildman–Crippen MR) is 108 cm³/mol. The molecule has 152 valence electrons. The fourth-order valence-corrected chi connectivity index (χ4v) is 4.19. The number of nitrogen functional groups attached to an aromatic ring is 2. The molecule has 0 saturated carbocycles. The van der Waals surface area contributed by atoms with Crippen LogP contribution < -0.4 is 16.2 Å². The number of nitro groups is 1. The molecule has 1 aromatic heterocycles. The summed E-state index contributed by atoms with van der Waals surface area (Å²) in [6, 6.07) is 7.94. The van der Waals surface area contributed by atoms with E-state index in [-0.39, 0.29) is 39.8 Å². The first kappa shape index (κ1) is 19.4. The van der Waals surface area contributed by atoms with Gasteiger partial charge in [-0.1, -0.05) is 26.0 Å². The van der Waals surface area contributed by atoms with Crippen LogP contribution in [0.4, 0.5) is 17.2 Å². The first-order valence-corrected chi connectivity index (χ1v) is 9.30. The molecule has 0 fully saturated rings. The number of non-ortho nitro benzene ring substituents is 1. The van der Waals surface area contributed by atoms with Gasteiger partial charge in [-0.25, -0.2) is 0 Å². The highest BCUT2D eigenvalue weighted by atomic mass is 16.6. The number of ether oxygens (including phenoxy) is 1. The van der Waals surface area contributed by atoms with Gasteiger partial charge in [0.25, 0.3) is 5.69 Å². The summed E-state index contributed by atoms with van der Waals surface area (Å²) < 4.78 is 5.98. The van der Waals surface area contributed by atoms with E-state index in [9.17, 15) is 20.2 Å². The second-order valence-electron chi connectivity index (χ2n) is 8.28. The summed E-state index contributed by atoms with van der Waals surface area (Å²) in [6.07, 6.45) is 0.782. The van der Waals surface area contributed by atoms with Crippen LogP contribution in [0.15, 0.2) is 35.6 Å². The zero-order chi connectivity index (χ0) is 21.8. The van der Waals surface area contributed by atoms with Crippen molar-refractivity contribution >= 4 is 23.0 Å². The lowest BCUT2D eigenvalue weighted by Gasteiger charge is -2.38. The van der Waals surface area contributed by atoms with Crippen molar-refractivity contribution in [1.29, 1.82) is 5.26 Å². The number of fused-ring (bicyclic) bond motifs is 1. The summed E-state index contributed by atoms with van der Waals surface area (Å²) in [5, 5.41) is 20.8. The van der Waals surface area contributed by atoms with E-state index in [1.54, 1.807) is 12.1 Å². The minimum absolute atomic E-state index is 0.0135. The first-order chi connectivity index (χ1) is 14.1. The number of nitro benzene ring substituents is 1. The Morgan fingerprint density at radius 3 is 2.73 bits per heavy atom. The summed E-state index contributed by atoms with van der Waals surface area (Å²) >= 11 is 0. The molecule has 1 aliphatic carbocycles. The highest BCUT2D eigenvalue weighted by Gasteiger charge is 2.44. The Kier molecular flexibility index (Phi) is 4.24. The lowest BCUT2D eigenvalue weighted by atomic mass is 9.70. The molecule has 1 aliphatic heterocycles. The average Bonchev–Trinajstić information content (AvgIpc) is 2.65. The molecule has 4 rings (SSSR count). The van der Waals surface area contributed by atoms with Crippen molar-refractivity contribution in [2.24, 2.45) is 5.41 Å². The normalized spacial score (nSPS) is 19.4. The van der Waals surface area contributed by atoms with Gasteiger partial charge in [0.05, 0.1) is 16.2 Å². The number of carbonyl (C=O) groups excluding carboxylic acids is 1. The van der Waals surface area contributed by atoms with Crippen molar-refractivity contribution in [1.82, 2.24) is 4.98 Å². The number of Topliss-reactive ketones (excluding diaryl/α,β-unsaturated/α-hetero) is 1. The number of benzene rings is 1. The van der Waals surface area contributed by atoms with Gasteiger partial charge in [-0.05, 0) is 11.0 Å². The lowest BCUT2D eigenvalue weighted by Crippen LogP contribution is -2.33. The van der Waals surface area contributed by atoms with E-state index in [1.165, 1.54) is 12.1 Å². The predicted octanol–water partition coefficient (Wildman–Crippen LogP) is 3.19. The standard InChI is InChI=1S/C21H19N5O4/c1-21(2)7-13(27)16-14(8-21)30-20-17(18(23)12(9-22)19(24)25-20)15(16)10-4-3-5-11(6-10)26(28)29/h3-6,15H,7-8H2,1-2H3,(H4,23,24,25)/t15-/m0/s1. The van der Waals surface area contributed by atoms with Crippen molar-refractivity contribution in [3.63, 3.8) is 0 Å². The third-order valence-electron chi connectivity index (χ3n) is 5.47. The quantitative estimate of drug-likeness (QED) is 0.569. The topological polar surface area (TPSA) is 158 Å². The second kappa shape index (κ2) is 6.56. The molecule has 0 saturated heterocycles. The number of nitrogens with two attached hydrogens (primary N) is 2. The van der Waals surface area contributed by atoms with Gasteiger partial charge in [-0.3, -0.25) is 14.9 Å². The molecule has 1 atom stereocenters. The van der Waals surface area contributed by atoms with Gasteiger partial charge in [-0.15, -0.1) is 0 Å². The zero-order valence-corrected chi connectivity index (χ0v) is 16.4. The van der Waals surface area contributed by atoms with Crippen LogP contribution in [0.25, 0.3) is 0 Å². The molecular weight excluding hydrogens is 386 g/mol.